The lowest BCUT2D eigenvalue weighted by atomic mass is 10.1. The van der Waals surface area contributed by atoms with Crippen molar-refractivity contribution in [2.24, 2.45) is 7.05 Å². The van der Waals surface area contributed by atoms with Gasteiger partial charge in [-0.25, -0.2) is 4.98 Å². The molecule has 2 N–H and O–H groups in total. The van der Waals surface area contributed by atoms with Crippen molar-refractivity contribution < 1.29 is 4.79 Å². The third kappa shape index (κ3) is 2.21. The van der Waals surface area contributed by atoms with Crippen LogP contribution in [-0.2, 0) is 7.05 Å². The van der Waals surface area contributed by atoms with Gasteiger partial charge in [-0.05, 0) is 18.9 Å². The van der Waals surface area contributed by atoms with Crippen LogP contribution in [0, 0.1) is 0 Å². The first kappa shape index (κ1) is 12.2. The van der Waals surface area contributed by atoms with E-state index in [4.69, 9.17) is 5.73 Å². The van der Waals surface area contributed by atoms with Gasteiger partial charge in [-0.15, -0.1) is 11.3 Å². The van der Waals surface area contributed by atoms with Crippen LogP contribution in [0.25, 0.3) is 0 Å². The summed E-state index contributed by atoms with van der Waals surface area (Å²) in [6.45, 7) is 0.748. The number of thiazole rings is 1. The smallest absolute Gasteiger partial charge is 0.274 e. The van der Waals surface area contributed by atoms with E-state index in [9.17, 15) is 4.79 Å². The topological polar surface area (TPSA) is 77.0 Å². The second kappa shape index (κ2) is 4.65. The molecule has 7 heteroatoms. The molecule has 0 aliphatic carbocycles. The first-order chi connectivity index (χ1) is 9.15. The molecule has 0 unspecified atom stereocenters. The standard InChI is InChI=1S/C12H15N5OS/c1-16-6-4-8(15-16)11(18)17-5-2-3-10(17)9-7-19-12(13)14-9/h4,6-7,10H,2-3,5H2,1H3,(H2,13,14)/t10-/m0/s1. The van der Waals surface area contributed by atoms with Gasteiger partial charge in [-0.3, -0.25) is 9.48 Å². The largest absolute Gasteiger partial charge is 0.375 e. The fourth-order valence-electron chi connectivity index (χ4n) is 2.45. The molecule has 0 radical (unpaired) electrons. The summed E-state index contributed by atoms with van der Waals surface area (Å²) in [5, 5.41) is 6.65. The van der Waals surface area contributed by atoms with Crippen molar-refractivity contribution in [3.05, 3.63) is 29.0 Å². The highest BCUT2D eigenvalue weighted by molar-refractivity contribution is 7.13. The summed E-state index contributed by atoms with van der Waals surface area (Å²) in [6.07, 6.45) is 3.70. The highest BCUT2D eigenvalue weighted by Crippen LogP contribution is 2.33. The van der Waals surface area contributed by atoms with Crippen LogP contribution in [0.5, 0.6) is 0 Å². The average molecular weight is 277 g/mol. The number of rotatable bonds is 2. The maximum Gasteiger partial charge on any atom is 0.274 e. The van der Waals surface area contributed by atoms with E-state index in [1.807, 2.05) is 10.3 Å². The highest BCUT2D eigenvalue weighted by atomic mass is 32.1. The molecule has 0 saturated carbocycles. The second-order valence-corrected chi connectivity index (χ2v) is 5.53. The fraction of sp³-hybridized carbons (Fsp3) is 0.417. The van der Waals surface area contributed by atoms with E-state index in [2.05, 4.69) is 10.1 Å². The number of likely N-dealkylation sites (tertiary alicyclic amines) is 1. The zero-order valence-corrected chi connectivity index (χ0v) is 11.4. The molecule has 100 valence electrons. The summed E-state index contributed by atoms with van der Waals surface area (Å²) < 4.78 is 1.64. The molecular formula is C12H15N5OS. The maximum absolute atomic E-state index is 12.4. The van der Waals surface area contributed by atoms with Crippen molar-refractivity contribution >= 4 is 22.4 Å². The molecule has 19 heavy (non-hydrogen) atoms. The monoisotopic (exact) mass is 277 g/mol. The fourth-order valence-corrected chi connectivity index (χ4v) is 3.06. The number of carbonyl (C=O) groups is 1. The lowest BCUT2D eigenvalue weighted by Crippen LogP contribution is -2.31. The molecule has 3 heterocycles. The molecule has 6 nitrogen and oxygen atoms in total. The van der Waals surface area contributed by atoms with Gasteiger partial charge in [0.2, 0.25) is 0 Å². The Morgan fingerprint density at radius 1 is 1.58 bits per heavy atom. The third-order valence-electron chi connectivity index (χ3n) is 3.33. The number of aromatic nitrogens is 3. The van der Waals surface area contributed by atoms with E-state index >= 15 is 0 Å². The van der Waals surface area contributed by atoms with Crippen LogP contribution >= 0.6 is 11.3 Å². The molecular weight excluding hydrogens is 262 g/mol. The van der Waals surface area contributed by atoms with Crippen LogP contribution in [0.15, 0.2) is 17.6 Å². The Kier molecular flexibility index (Phi) is 2.98. The van der Waals surface area contributed by atoms with Crippen LogP contribution < -0.4 is 5.73 Å². The van der Waals surface area contributed by atoms with Gasteiger partial charge in [0.25, 0.3) is 5.91 Å². The lowest BCUT2D eigenvalue weighted by molar-refractivity contribution is 0.0726. The molecule has 1 saturated heterocycles. The van der Waals surface area contributed by atoms with E-state index in [-0.39, 0.29) is 11.9 Å². The number of aryl methyl sites for hydroxylation is 1. The van der Waals surface area contributed by atoms with E-state index in [1.165, 1.54) is 11.3 Å². The number of hydrogen-bond donors (Lipinski definition) is 1. The molecule has 3 rings (SSSR count). The summed E-state index contributed by atoms with van der Waals surface area (Å²) in [6, 6.07) is 1.77. The molecule has 2 aromatic heterocycles. The number of amides is 1. The molecule has 0 aromatic carbocycles. The van der Waals surface area contributed by atoms with Crippen molar-refractivity contribution in [2.75, 3.05) is 12.3 Å². The van der Waals surface area contributed by atoms with Crippen molar-refractivity contribution in [1.82, 2.24) is 19.7 Å². The van der Waals surface area contributed by atoms with Gasteiger partial charge in [-0.2, -0.15) is 5.10 Å². The summed E-state index contributed by atoms with van der Waals surface area (Å²) in [4.78, 5) is 18.6. The number of nitrogens with zero attached hydrogens (tertiary/aromatic N) is 4. The SMILES string of the molecule is Cn1ccc(C(=O)N2CCC[C@H]2c2csc(N)n2)n1. The van der Waals surface area contributed by atoms with Gasteiger partial charge in [-0.1, -0.05) is 0 Å². The first-order valence-electron chi connectivity index (χ1n) is 6.16. The van der Waals surface area contributed by atoms with Crippen molar-refractivity contribution in [3.8, 4) is 0 Å². The van der Waals surface area contributed by atoms with Gasteiger partial charge in [0.05, 0.1) is 11.7 Å². The number of nitrogen functional groups attached to an aromatic ring is 1. The van der Waals surface area contributed by atoms with Gasteiger partial charge in [0.1, 0.15) is 5.69 Å². The van der Waals surface area contributed by atoms with E-state index < -0.39 is 0 Å². The minimum atomic E-state index is -0.0327. The molecule has 1 aliphatic heterocycles. The van der Waals surface area contributed by atoms with Crippen LogP contribution in [0.3, 0.4) is 0 Å². The van der Waals surface area contributed by atoms with Gasteiger partial charge in [0, 0.05) is 25.2 Å². The predicted octanol–water partition coefficient (Wildman–Crippen LogP) is 1.44. The van der Waals surface area contributed by atoms with Gasteiger partial charge in [0.15, 0.2) is 5.13 Å². The van der Waals surface area contributed by atoms with Crippen LogP contribution in [0.1, 0.15) is 35.1 Å². The van der Waals surface area contributed by atoms with Crippen molar-refractivity contribution in [3.63, 3.8) is 0 Å². The summed E-state index contributed by atoms with van der Waals surface area (Å²) in [7, 11) is 1.80. The molecule has 2 aromatic rings. The summed E-state index contributed by atoms with van der Waals surface area (Å²) >= 11 is 1.41. The van der Waals surface area contributed by atoms with Gasteiger partial charge < -0.3 is 10.6 Å². The number of carbonyl (C=O) groups excluding carboxylic acids is 1. The predicted molar refractivity (Wildman–Crippen MR) is 72.7 cm³/mol. The zero-order valence-electron chi connectivity index (χ0n) is 10.6. The zero-order chi connectivity index (χ0) is 13.4. The highest BCUT2D eigenvalue weighted by Gasteiger charge is 2.32. The Balaban J connectivity index is 1.85. The van der Waals surface area contributed by atoms with Crippen molar-refractivity contribution in [2.45, 2.75) is 18.9 Å². The van der Waals surface area contributed by atoms with Crippen LogP contribution in [0.2, 0.25) is 0 Å². The van der Waals surface area contributed by atoms with Crippen molar-refractivity contribution in [1.29, 1.82) is 0 Å². The maximum atomic E-state index is 12.4. The second-order valence-electron chi connectivity index (χ2n) is 4.64. The Morgan fingerprint density at radius 2 is 2.42 bits per heavy atom. The molecule has 1 fully saturated rings. The van der Waals surface area contributed by atoms with Crippen LogP contribution in [0.4, 0.5) is 5.13 Å². The molecule has 1 atom stereocenters. The van der Waals surface area contributed by atoms with E-state index in [1.54, 1.807) is 24.0 Å². The molecule has 0 spiro atoms. The summed E-state index contributed by atoms with van der Waals surface area (Å²) in [5.74, 6) is -0.0327. The molecule has 0 bridgehead atoms. The molecule has 1 aliphatic rings. The minimum Gasteiger partial charge on any atom is -0.375 e. The average Bonchev–Trinajstić information content (AvgIpc) is 3.07. The number of hydrogen-bond acceptors (Lipinski definition) is 5. The minimum absolute atomic E-state index is 0.0306. The number of nitrogens with two attached hydrogens (primary N) is 1. The lowest BCUT2D eigenvalue weighted by Gasteiger charge is -2.22. The normalized spacial score (nSPS) is 19.0. The molecule has 1 amide bonds. The van der Waals surface area contributed by atoms with E-state index in [0.717, 1.165) is 25.1 Å². The first-order valence-corrected chi connectivity index (χ1v) is 7.04. The van der Waals surface area contributed by atoms with E-state index in [0.29, 0.717) is 10.8 Å². The Morgan fingerprint density at radius 3 is 3.05 bits per heavy atom. The Hall–Kier alpha value is -1.89. The Bertz CT molecular complexity index is 605. The van der Waals surface area contributed by atoms with Gasteiger partial charge >= 0.3 is 0 Å². The Labute approximate surface area is 114 Å². The third-order valence-corrected chi connectivity index (χ3v) is 4.02. The number of anilines is 1. The van der Waals surface area contributed by atoms with Crippen LogP contribution in [-0.4, -0.2) is 32.1 Å². The summed E-state index contributed by atoms with van der Waals surface area (Å²) in [5.41, 5.74) is 7.05. The quantitative estimate of drug-likeness (QED) is 0.901.